The lowest BCUT2D eigenvalue weighted by Crippen LogP contribution is -2.32. The van der Waals surface area contributed by atoms with Gasteiger partial charge in [-0.3, -0.25) is 14.9 Å². The van der Waals surface area contributed by atoms with Crippen molar-refractivity contribution in [3.8, 4) is 11.1 Å². The third kappa shape index (κ3) is 2.71. The van der Waals surface area contributed by atoms with E-state index in [1.165, 1.54) is 0 Å². The van der Waals surface area contributed by atoms with E-state index in [0.717, 1.165) is 42.8 Å². The Kier molecular flexibility index (Phi) is 4.05. The van der Waals surface area contributed by atoms with E-state index >= 15 is 0 Å². The lowest BCUT2D eigenvalue weighted by Gasteiger charge is -2.25. The molecular weight excluding hydrogens is 316 g/mol. The van der Waals surface area contributed by atoms with Gasteiger partial charge in [0.2, 0.25) is 0 Å². The maximum absolute atomic E-state index is 13.1. The van der Waals surface area contributed by atoms with Crippen molar-refractivity contribution in [3.63, 3.8) is 0 Å². The molecule has 7 heteroatoms. The zero-order valence-electron chi connectivity index (χ0n) is 14.1. The Morgan fingerprint density at radius 3 is 2.92 bits per heavy atom. The average molecular weight is 336 g/mol. The van der Waals surface area contributed by atoms with E-state index in [-0.39, 0.29) is 11.9 Å². The predicted octanol–water partition coefficient (Wildman–Crippen LogP) is 2.67. The standard InChI is InChI=1S/C18H20N6O/c1-2-23-12-20-11-16(23)18(25)24-9-3-4-15(24)17-14(10-21-22-17)13-5-7-19-8-6-13/h5-8,10-12,15H,2-4,9H2,1H3,(H,21,22)/t15-/m0/s1. The number of likely N-dealkylation sites (tertiary alicyclic amines) is 1. The van der Waals surface area contributed by atoms with Gasteiger partial charge in [0.15, 0.2) is 0 Å². The number of hydrogen-bond donors (Lipinski definition) is 1. The van der Waals surface area contributed by atoms with E-state index in [1.807, 2.05) is 34.7 Å². The van der Waals surface area contributed by atoms with Crippen LogP contribution in [0, 0.1) is 0 Å². The number of carbonyl (C=O) groups is 1. The molecule has 1 amide bonds. The number of H-pyrrole nitrogens is 1. The number of hydrogen-bond acceptors (Lipinski definition) is 4. The molecule has 0 spiro atoms. The maximum Gasteiger partial charge on any atom is 0.272 e. The van der Waals surface area contributed by atoms with Crippen molar-refractivity contribution in [3.05, 3.63) is 54.6 Å². The Morgan fingerprint density at radius 1 is 1.28 bits per heavy atom. The molecule has 7 nitrogen and oxygen atoms in total. The molecule has 0 unspecified atom stereocenters. The molecule has 3 aromatic rings. The topological polar surface area (TPSA) is 79.7 Å². The summed E-state index contributed by atoms with van der Waals surface area (Å²) in [6.07, 6.45) is 10.6. The van der Waals surface area contributed by atoms with Crippen molar-refractivity contribution in [1.29, 1.82) is 0 Å². The van der Waals surface area contributed by atoms with Crippen LogP contribution in [0.2, 0.25) is 0 Å². The summed E-state index contributed by atoms with van der Waals surface area (Å²) in [5.41, 5.74) is 3.70. The molecule has 0 saturated carbocycles. The van der Waals surface area contributed by atoms with Crippen LogP contribution in [0.3, 0.4) is 0 Å². The average Bonchev–Trinajstić information content (AvgIpc) is 3.40. The highest BCUT2D eigenvalue weighted by molar-refractivity contribution is 5.93. The second-order valence-corrected chi connectivity index (χ2v) is 6.15. The quantitative estimate of drug-likeness (QED) is 0.794. The summed E-state index contributed by atoms with van der Waals surface area (Å²) in [4.78, 5) is 23.2. The molecule has 1 atom stereocenters. The number of aromatic amines is 1. The normalized spacial score (nSPS) is 17.2. The second kappa shape index (κ2) is 6.51. The predicted molar refractivity (Wildman–Crippen MR) is 92.7 cm³/mol. The van der Waals surface area contributed by atoms with Crippen molar-refractivity contribution in [2.24, 2.45) is 0 Å². The minimum absolute atomic E-state index is 0.00151. The van der Waals surface area contributed by atoms with Crippen LogP contribution in [0.4, 0.5) is 0 Å². The molecular formula is C18H20N6O. The molecule has 0 aliphatic carbocycles. The molecule has 1 N–H and O–H groups in total. The van der Waals surface area contributed by atoms with Crippen LogP contribution in [0.15, 0.2) is 43.2 Å². The minimum Gasteiger partial charge on any atom is -0.329 e. The van der Waals surface area contributed by atoms with Crippen molar-refractivity contribution in [2.75, 3.05) is 6.54 Å². The number of imidazole rings is 1. The van der Waals surface area contributed by atoms with E-state index in [2.05, 4.69) is 20.2 Å². The lowest BCUT2D eigenvalue weighted by molar-refractivity contribution is 0.0722. The molecule has 0 bridgehead atoms. The second-order valence-electron chi connectivity index (χ2n) is 6.15. The number of aromatic nitrogens is 5. The fraction of sp³-hybridized carbons (Fsp3) is 0.333. The van der Waals surface area contributed by atoms with Crippen LogP contribution in [-0.2, 0) is 6.54 Å². The van der Waals surface area contributed by atoms with Crippen LogP contribution < -0.4 is 0 Å². The molecule has 3 aromatic heterocycles. The smallest absolute Gasteiger partial charge is 0.272 e. The Bertz CT molecular complexity index is 869. The van der Waals surface area contributed by atoms with Crippen LogP contribution in [0.25, 0.3) is 11.1 Å². The number of amides is 1. The lowest BCUT2D eigenvalue weighted by atomic mass is 10.0. The zero-order valence-corrected chi connectivity index (χ0v) is 14.1. The van der Waals surface area contributed by atoms with Crippen LogP contribution in [-0.4, -0.2) is 42.1 Å². The molecule has 1 aliphatic heterocycles. The first-order valence-electron chi connectivity index (χ1n) is 8.54. The highest BCUT2D eigenvalue weighted by Crippen LogP contribution is 2.37. The first kappa shape index (κ1) is 15.6. The molecule has 1 fully saturated rings. The summed E-state index contributed by atoms with van der Waals surface area (Å²) < 4.78 is 1.88. The van der Waals surface area contributed by atoms with Gasteiger partial charge < -0.3 is 9.47 Å². The molecule has 4 rings (SSSR count). The summed E-state index contributed by atoms with van der Waals surface area (Å²) in [6, 6.07) is 3.92. The van der Waals surface area contributed by atoms with Gasteiger partial charge in [-0.15, -0.1) is 0 Å². The fourth-order valence-corrected chi connectivity index (χ4v) is 3.52. The highest BCUT2D eigenvalue weighted by Gasteiger charge is 2.34. The van der Waals surface area contributed by atoms with Crippen molar-refractivity contribution in [1.82, 2.24) is 29.6 Å². The molecule has 1 saturated heterocycles. The van der Waals surface area contributed by atoms with Gasteiger partial charge in [0, 0.05) is 31.0 Å². The van der Waals surface area contributed by atoms with Crippen LogP contribution >= 0.6 is 0 Å². The van der Waals surface area contributed by atoms with Gasteiger partial charge >= 0.3 is 0 Å². The van der Waals surface area contributed by atoms with Gasteiger partial charge in [0.1, 0.15) is 5.69 Å². The van der Waals surface area contributed by atoms with Crippen molar-refractivity contribution >= 4 is 5.91 Å². The largest absolute Gasteiger partial charge is 0.329 e. The summed E-state index contributed by atoms with van der Waals surface area (Å²) in [6.45, 7) is 3.48. The van der Waals surface area contributed by atoms with Crippen molar-refractivity contribution in [2.45, 2.75) is 32.4 Å². The third-order valence-corrected chi connectivity index (χ3v) is 4.78. The number of carbonyl (C=O) groups excluding carboxylic acids is 1. The minimum atomic E-state index is -0.00151. The number of nitrogens with zero attached hydrogens (tertiary/aromatic N) is 5. The zero-order chi connectivity index (χ0) is 17.2. The summed E-state index contributed by atoms with van der Waals surface area (Å²) in [5, 5.41) is 7.35. The van der Waals surface area contributed by atoms with E-state index in [0.29, 0.717) is 5.69 Å². The maximum atomic E-state index is 13.1. The van der Waals surface area contributed by atoms with Crippen LogP contribution in [0.1, 0.15) is 42.0 Å². The number of rotatable bonds is 4. The number of nitrogens with one attached hydrogen (secondary N) is 1. The van der Waals surface area contributed by atoms with E-state index in [9.17, 15) is 4.79 Å². The summed E-state index contributed by atoms with van der Waals surface area (Å²) >= 11 is 0. The van der Waals surface area contributed by atoms with Gasteiger partial charge in [-0.05, 0) is 37.5 Å². The molecule has 0 radical (unpaired) electrons. The van der Waals surface area contributed by atoms with E-state index < -0.39 is 0 Å². The third-order valence-electron chi connectivity index (χ3n) is 4.78. The molecule has 0 aromatic carbocycles. The molecule has 128 valence electrons. The fourth-order valence-electron chi connectivity index (χ4n) is 3.52. The molecule has 4 heterocycles. The summed E-state index contributed by atoms with van der Waals surface area (Å²) in [5.74, 6) is 0.0251. The van der Waals surface area contributed by atoms with Gasteiger partial charge in [-0.1, -0.05) is 0 Å². The SMILES string of the molecule is CCn1cncc1C(=O)N1CCC[C@H]1c1[nH]ncc1-c1ccncc1. The van der Waals surface area contributed by atoms with Gasteiger partial charge in [0.25, 0.3) is 5.91 Å². The van der Waals surface area contributed by atoms with Crippen molar-refractivity contribution < 1.29 is 4.79 Å². The molecule has 25 heavy (non-hydrogen) atoms. The van der Waals surface area contributed by atoms with Gasteiger partial charge in [0.05, 0.1) is 30.5 Å². The Balaban J connectivity index is 1.67. The Hall–Kier alpha value is -2.96. The van der Waals surface area contributed by atoms with Gasteiger partial charge in [-0.25, -0.2) is 4.98 Å². The van der Waals surface area contributed by atoms with E-state index in [1.54, 1.807) is 24.9 Å². The van der Waals surface area contributed by atoms with E-state index in [4.69, 9.17) is 0 Å². The first-order chi connectivity index (χ1) is 12.3. The Labute approximate surface area is 145 Å². The van der Waals surface area contributed by atoms with Gasteiger partial charge in [-0.2, -0.15) is 5.10 Å². The number of aryl methyl sites for hydroxylation is 1. The Morgan fingerprint density at radius 2 is 2.12 bits per heavy atom. The number of pyridine rings is 1. The monoisotopic (exact) mass is 336 g/mol. The summed E-state index contributed by atoms with van der Waals surface area (Å²) in [7, 11) is 0. The van der Waals surface area contributed by atoms with Crippen LogP contribution in [0.5, 0.6) is 0 Å². The first-order valence-corrected chi connectivity index (χ1v) is 8.54. The highest BCUT2D eigenvalue weighted by atomic mass is 16.2. The molecule has 1 aliphatic rings.